The lowest BCUT2D eigenvalue weighted by molar-refractivity contribution is 0.655. The third-order valence-electron chi connectivity index (χ3n) is 4.04. The van der Waals surface area contributed by atoms with Gasteiger partial charge >= 0.3 is 0 Å². The quantitative estimate of drug-likeness (QED) is 0.472. The molecule has 2 nitrogen and oxygen atoms in total. The van der Waals surface area contributed by atoms with Gasteiger partial charge in [-0.2, -0.15) is 0 Å². The number of hydrogen-bond acceptors (Lipinski definition) is 2. The normalized spacial score (nSPS) is 11.3. The van der Waals surface area contributed by atoms with Gasteiger partial charge in [-0.3, -0.25) is 0 Å². The van der Waals surface area contributed by atoms with Crippen LogP contribution in [0.2, 0.25) is 0 Å². The van der Waals surface area contributed by atoms with Crippen molar-refractivity contribution in [1.82, 2.24) is 4.98 Å². The number of benzene rings is 2. The van der Waals surface area contributed by atoms with Crippen molar-refractivity contribution in [2.75, 3.05) is 0 Å². The van der Waals surface area contributed by atoms with Crippen LogP contribution in [0.4, 0.5) is 0 Å². The molecule has 0 unspecified atom stereocenters. The Morgan fingerprint density at radius 3 is 2.52 bits per heavy atom. The molecule has 2 heteroatoms. The van der Waals surface area contributed by atoms with E-state index in [2.05, 4.69) is 61.3 Å². The third kappa shape index (κ3) is 1.76. The van der Waals surface area contributed by atoms with Crippen LogP contribution in [0, 0.1) is 13.8 Å². The molecule has 21 heavy (non-hydrogen) atoms. The van der Waals surface area contributed by atoms with Crippen LogP contribution in [0.1, 0.15) is 11.1 Å². The molecule has 2 aromatic heterocycles. The fourth-order valence-electron chi connectivity index (χ4n) is 2.96. The molecule has 0 N–H and O–H groups in total. The Morgan fingerprint density at radius 1 is 0.810 bits per heavy atom. The van der Waals surface area contributed by atoms with Gasteiger partial charge in [0, 0.05) is 22.5 Å². The zero-order valence-corrected chi connectivity index (χ0v) is 12.1. The number of furan rings is 1. The average molecular weight is 273 g/mol. The Bertz CT molecular complexity index is 966. The predicted octanol–water partition coefficient (Wildman–Crippen LogP) is 5.26. The Morgan fingerprint density at radius 2 is 1.67 bits per heavy atom. The van der Waals surface area contributed by atoms with E-state index in [-0.39, 0.29) is 0 Å². The number of aromatic nitrogens is 1. The van der Waals surface area contributed by atoms with Crippen LogP contribution in [-0.4, -0.2) is 4.98 Å². The fourth-order valence-corrected chi connectivity index (χ4v) is 2.96. The largest absolute Gasteiger partial charge is 0.437 e. The molecule has 0 amide bonds. The summed E-state index contributed by atoms with van der Waals surface area (Å²) >= 11 is 0. The summed E-state index contributed by atoms with van der Waals surface area (Å²) in [6, 6.07) is 16.7. The van der Waals surface area contributed by atoms with Crippen molar-refractivity contribution >= 4 is 22.1 Å². The Hall–Kier alpha value is -2.61. The molecule has 102 valence electrons. The summed E-state index contributed by atoms with van der Waals surface area (Å²) in [5, 5.41) is 2.20. The van der Waals surface area contributed by atoms with Crippen molar-refractivity contribution in [1.29, 1.82) is 0 Å². The molecule has 0 aliphatic carbocycles. The summed E-state index contributed by atoms with van der Waals surface area (Å²) in [5.41, 5.74) is 6.49. The van der Waals surface area contributed by atoms with Gasteiger partial charge in [-0.05, 0) is 42.7 Å². The average Bonchev–Trinajstić information content (AvgIpc) is 2.87. The number of rotatable bonds is 1. The molecule has 2 heterocycles. The minimum absolute atomic E-state index is 0.702. The van der Waals surface area contributed by atoms with Crippen molar-refractivity contribution < 1.29 is 4.42 Å². The van der Waals surface area contributed by atoms with E-state index in [1.165, 1.54) is 22.3 Å². The molecule has 0 atom stereocenters. The highest BCUT2D eigenvalue weighted by atomic mass is 16.3. The van der Waals surface area contributed by atoms with E-state index >= 15 is 0 Å². The summed E-state index contributed by atoms with van der Waals surface area (Å²) in [4.78, 5) is 4.34. The van der Waals surface area contributed by atoms with Crippen LogP contribution in [-0.2, 0) is 0 Å². The standard InChI is InChI=1S/C19H15NO/c1-12-6-3-4-7-14(12)17-13(2)9-10-15-16-8-5-11-20-19(16)21-18(15)17/h3-11H,1-2H3. The fraction of sp³-hybridized carbons (Fsp3) is 0.105. The first-order valence-electron chi connectivity index (χ1n) is 7.08. The summed E-state index contributed by atoms with van der Waals surface area (Å²) in [5.74, 6) is 0. The van der Waals surface area contributed by atoms with E-state index in [4.69, 9.17) is 4.42 Å². The highest BCUT2D eigenvalue weighted by molar-refractivity contribution is 6.09. The number of nitrogens with zero attached hydrogens (tertiary/aromatic N) is 1. The topological polar surface area (TPSA) is 26.0 Å². The van der Waals surface area contributed by atoms with Gasteiger partial charge < -0.3 is 4.42 Å². The van der Waals surface area contributed by atoms with E-state index in [1.807, 2.05) is 6.07 Å². The zero-order chi connectivity index (χ0) is 14.4. The summed E-state index contributed by atoms with van der Waals surface area (Å²) < 4.78 is 6.06. The maximum Gasteiger partial charge on any atom is 0.227 e. The van der Waals surface area contributed by atoms with Crippen LogP contribution < -0.4 is 0 Å². The van der Waals surface area contributed by atoms with Crippen molar-refractivity contribution in [3.63, 3.8) is 0 Å². The number of pyridine rings is 1. The van der Waals surface area contributed by atoms with Gasteiger partial charge in [0.05, 0.1) is 0 Å². The Labute approximate surface area is 123 Å². The van der Waals surface area contributed by atoms with E-state index in [1.54, 1.807) is 6.20 Å². The highest BCUT2D eigenvalue weighted by Crippen LogP contribution is 2.38. The number of hydrogen-bond donors (Lipinski definition) is 0. The summed E-state index contributed by atoms with van der Waals surface area (Å²) in [7, 11) is 0. The first-order chi connectivity index (χ1) is 10.3. The van der Waals surface area contributed by atoms with Crippen LogP contribution in [0.15, 0.2) is 59.1 Å². The maximum atomic E-state index is 6.06. The lowest BCUT2D eigenvalue weighted by Gasteiger charge is -2.09. The van der Waals surface area contributed by atoms with Gasteiger partial charge in [0.15, 0.2) is 0 Å². The van der Waals surface area contributed by atoms with E-state index in [9.17, 15) is 0 Å². The van der Waals surface area contributed by atoms with E-state index in [0.717, 1.165) is 16.4 Å². The van der Waals surface area contributed by atoms with E-state index < -0.39 is 0 Å². The van der Waals surface area contributed by atoms with Crippen molar-refractivity contribution in [2.45, 2.75) is 13.8 Å². The predicted molar refractivity (Wildman–Crippen MR) is 86.4 cm³/mol. The molecule has 2 aromatic carbocycles. The lowest BCUT2D eigenvalue weighted by atomic mass is 9.94. The maximum absolute atomic E-state index is 6.06. The first kappa shape index (κ1) is 12.2. The van der Waals surface area contributed by atoms with Gasteiger partial charge in [-0.25, -0.2) is 4.98 Å². The molecule has 4 aromatic rings. The smallest absolute Gasteiger partial charge is 0.227 e. The highest BCUT2D eigenvalue weighted by Gasteiger charge is 2.15. The van der Waals surface area contributed by atoms with Crippen LogP contribution in [0.25, 0.3) is 33.2 Å². The van der Waals surface area contributed by atoms with Gasteiger partial charge in [-0.1, -0.05) is 36.4 Å². The molecule has 0 fully saturated rings. The Kier molecular flexibility index (Phi) is 2.58. The molecule has 0 saturated heterocycles. The molecule has 0 radical (unpaired) electrons. The summed E-state index contributed by atoms with van der Waals surface area (Å²) in [6.07, 6.45) is 1.77. The first-order valence-corrected chi connectivity index (χ1v) is 7.08. The van der Waals surface area contributed by atoms with E-state index in [0.29, 0.717) is 5.71 Å². The van der Waals surface area contributed by atoms with Crippen molar-refractivity contribution in [3.05, 3.63) is 65.9 Å². The van der Waals surface area contributed by atoms with Crippen LogP contribution in [0.3, 0.4) is 0 Å². The molecule has 0 saturated carbocycles. The molecule has 0 aliphatic rings. The molecule has 0 spiro atoms. The zero-order valence-electron chi connectivity index (χ0n) is 12.1. The second kappa shape index (κ2) is 4.45. The second-order valence-electron chi connectivity index (χ2n) is 5.41. The number of fused-ring (bicyclic) bond motifs is 3. The van der Waals surface area contributed by atoms with Crippen molar-refractivity contribution in [3.8, 4) is 11.1 Å². The molecule has 0 aliphatic heterocycles. The summed E-state index contributed by atoms with van der Waals surface area (Å²) in [6.45, 7) is 4.26. The second-order valence-corrected chi connectivity index (χ2v) is 5.41. The van der Waals surface area contributed by atoms with Gasteiger partial charge in [-0.15, -0.1) is 0 Å². The molecule has 4 rings (SSSR count). The molecule has 0 bridgehead atoms. The Balaban J connectivity index is 2.18. The molecular weight excluding hydrogens is 258 g/mol. The minimum Gasteiger partial charge on any atom is -0.437 e. The number of aryl methyl sites for hydroxylation is 2. The van der Waals surface area contributed by atoms with Crippen LogP contribution >= 0.6 is 0 Å². The SMILES string of the molecule is Cc1ccccc1-c1c(C)ccc2c1oc1ncccc12. The minimum atomic E-state index is 0.702. The van der Waals surface area contributed by atoms with Crippen molar-refractivity contribution in [2.24, 2.45) is 0 Å². The monoisotopic (exact) mass is 273 g/mol. The van der Waals surface area contributed by atoms with Gasteiger partial charge in [0.25, 0.3) is 0 Å². The van der Waals surface area contributed by atoms with Gasteiger partial charge in [0.1, 0.15) is 5.58 Å². The van der Waals surface area contributed by atoms with Gasteiger partial charge in [0.2, 0.25) is 5.71 Å². The third-order valence-corrected chi connectivity index (χ3v) is 4.04. The lowest BCUT2D eigenvalue weighted by Crippen LogP contribution is -1.87. The van der Waals surface area contributed by atoms with Crippen LogP contribution in [0.5, 0.6) is 0 Å². The molecular formula is C19H15NO.